The molecule has 1 saturated carbocycles. The molecule has 1 aromatic rings. The average Bonchev–Trinajstić information content (AvgIpc) is 2.82. The second kappa shape index (κ2) is 5.57. The lowest BCUT2D eigenvalue weighted by Gasteiger charge is -2.11. The van der Waals surface area contributed by atoms with Gasteiger partial charge >= 0.3 is 5.97 Å². The van der Waals surface area contributed by atoms with E-state index in [4.69, 9.17) is 16.7 Å². The van der Waals surface area contributed by atoms with Crippen LogP contribution in [0.1, 0.15) is 19.3 Å². The number of hydrogen-bond acceptors (Lipinski definition) is 2. The lowest BCUT2D eigenvalue weighted by molar-refractivity contribution is -0.141. The van der Waals surface area contributed by atoms with Crippen LogP contribution < -0.4 is 5.32 Å². The van der Waals surface area contributed by atoms with E-state index >= 15 is 0 Å². The van der Waals surface area contributed by atoms with Crippen molar-refractivity contribution in [2.75, 3.05) is 5.32 Å². The van der Waals surface area contributed by atoms with Gasteiger partial charge in [0.2, 0.25) is 5.91 Å². The maximum absolute atomic E-state index is 13.5. The van der Waals surface area contributed by atoms with E-state index in [1.807, 2.05) is 0 Å². The quantitative estimate of drug-likeness (QED) is 0.897. The van der Waals surface area contributed by atoms with Crippen LogP contribution in [0.4, 0.5) is 10.1 Å². The zero-order chi connectivity index (χ0) is 14.0. The molecule has 1 fully saturated rings. The van der Waals surface area contributed by atoms with E-state index in [1.54, 1.807) is 0 Å². The van der Waals surface area contributed by atoms with Crippen LogP contribution in [0.25, 0.3) is 0 Å². The third kappa shape index (κ3) is 3.23. The maximum Gasteiger partial charge on any atom is 0.306 e. The van der Waals surface area contributed by atoms with Crippen molar-refractivity contribution in [3.05, 3.63) is 29.0 Å². The number of amides is 1. The second-order valence-corrected chi connectivity index (χ2v) is 5.09. The summed E-state index contributed by atoms with van der Waals surface area (Å²) in [6.45, 7) is 0. The van der Waals surface area contributed by atoms with Gasteiger partial charge in [-0.1, -0.05) is 11.6 Å². The summed E-state index contributed by atoms with van der Waals surface area (Å²) in [4.78, 5) is 22.7. The molecule has 1 aliphatic rings. The monoisotopic (exact) mass is 285 g/mol. The molecule has 0 radical (unpaired) electrons. The number of halogens is 2. The number of carboxylic acids is 1. The molecule has 0 spiro atoms. The van der Waals surface area contributed by atoms with Gasteiger partial charge in [-0.3, -0.25) is 9.59 Å². The van der Waals surface area contributed by atoms with Crippen LogP contribution in [-0.4, -0.2) is 17.0 Å². The standard InChI is InChI=1S/C13H13ClFNO3/c14-9-3-4-11(10(15)6-9)16-12(17)7-1-2-8(5-7)13(18)19/h3-4,6-8H,1-2,5H2,(H,16,17)(H,18,19)/t7-,8+/m1/s1. The summed E-state index contributed by atoms with van der Waals surface area (Å²) in [5.74, 6) is -2.69. The predicted molar refractivity (Wildman–Crippen MR) is 68.5 cm³/mol. The molecule has 0 heterocycles. The highest BCUT2D eigenvalue weighted by molar-refractivity contribution is 6.30. The average molecular weight is 286 g/mol. The molecule has 2 N–H and O–H groups in total. The van der Waals surface area contributed by atoms with E-state index < -0.39 is 17.7 Å². The van der Waals surface area contributed by atoms with Crippen LogP contribution in [-0.2, 0) is 9.59 Å². The first-order valence-electron chi connectivity index (χ1n) is 5.96. The molecule has 0 saturated heterocycles. The van der Waals surface area contributed by atoms with Crippen molar-refractivity contribution >= 4 is 29.2 Å². The maximum atomic E-state index is 13.5. The van der Waals surface area contributed by atoms with Gasteiger partial charge in [-0.05, 0) is 37.5 Å². The van der Waals surface area contributed by atoms with E-state index in [-0.39, 0.29) is 22.5 Å². The first-order valence-corrected chi connectivity index (χ1v) is 6.34. The summed E-state index contributed by atoms with van der Waals surface area (Å²) in [5, 5.41) is 11.6. The molecule has 2 rings (SSSR count). The highest BCUT2D eigenvalue weighted by Gasteiger charge is 2.33. The lowest BCUT2D eigenvalue weighted by atomic mass is 10.0. The van der Waals surface area contributed by atoms with Gasteiger partial charge < -0.3 is 10.4 Å². The summed E-state index contributed by atoms with van der Waals surface area (Å²) in [7, 11) is 0. The molecular weight excluding hydrogens is 273 g/mol. The largest absolute Gasteiger partial charge is 0.481 e. The number of nitrogens with one attached hydrogen (secondary N) is 1. The molecule has 0 aromatic heterocycles. The van der Waals surface area contributed by atoms with Crippen LogP contribution >= 0.6 is 11.6 Å². The van der Waals surface area contributed by atoms with E-state index in [0.29, 0.717) is 19.3 Å². The van der Waals surface area contributed by atoms with Gasteiger partial charge in [0.25, 0.3) is 0 Å². The summed E-state index contributed by atoms with van der Waals surface area (Å²) in [5.41, 5.74) is 0.0631. The van der Waals surface area contributed by atoms with E-state index in [2.05, 4.69) is 5.32 Å². The van der Waals surface area contributed by atoms with E-state index in [0.717, 1.165) is 6.07 Å². The Bertz CT molecular complexity index is 521. The van der Waals surface area contributed by atoms with Crippen molar-refractivity contribution in [1.82, 2.24) is 0 Å². The smallest absolute Gasteiger partial charge is 0.306 e. The Morgan fingerprint density at radius 1 is 1.32 bits per heavy atom. The van der Waals surface area contributed by atoms with Crippen LogP contribution in [0.15, 0.2) is 18.2 Å². The summed E-state index contributed by atoms with van der Waals surface area (Å²) in [6, 6.07) is 3.99. The number of anilines is 1. The van der Waals surface area contributed by atoms with E-state index in [1.165, 1.54) is 12.1 Å². The molecular formula is C13H13ClFNO3. The van der Waals surface area contributed by atoms with Crippen molar-refractivity contribution in [2.24, 2.45) is 11.8 Å². The molecule has 2 atom stereocenters. The molecule has 1 aromatic carbocycles. The SMILES string of the molecule is O=C(O)[C@H]1CC[C@@H](C(=O)Nc2ccc(Cl)cc2F)C1. The number of rotatable bonds is 3. The topological polar surface area (TPSA) is 66.4 Å². The fourth-order valence-corrected chi connectivity index (χ4v) is 2.43. The lowest BCUT2D eigenvalue weighted by Crippen LogP contribution is -2.22. The third-order valence-electron chi connectivity index (χ3n) is 3.34. The number of hydrogen-bond donors (Lipinski definition) is 2. The molecule has 102 valence electrons. The molecule has 0 bridgehead atoms. The Kier molecular flexibility index (Phi) is 4.04. The summed E-state index contributed by atoms with van der Waals surface area (Å²) < 4.78 is 13.5. The van der Waals surface area contributed by atoms with Gasteiger partial charge in [-0.25, -0.2) is 4.39 Å². The number of carboxylic acid groups (broad SMARTS) is 1. The van der Waals surface area contributed by atoms with Crippen molar-refractivity contribution in [2.45, 2.75) is 19.3 Å². The highest BCUT2D eigenvalue weighted by atomic mass is 35.5. The summed E-state index contributed by atoms with van der Waals surface area (Å²) in [6.07, 6.45) is 1.30. The minimum atomic E-state index is -0.882. The summed E-state index contributed by atoms with van der Waals surface area (Å²) >= 11 is 5.62. The molecule has 0 aliphatic heterocycles. The molecule has 19 heavy (non-hydrogen) atoms. The number of benzene rings is 1. The zero-order valence-corrected chi connectivity index (χ0v) is 10.8. The molecule has 1 aliphatic carbocycles. The van der Waals surface area contributed by atoms with Gasteiger partial charge in [0, 0.05) is 10.9 Å². The molecule has 6 heteroatoms. The Morgan fingerprint density at radius 3 is 2.58 bits per heavy atom. The molecule has 1 amide bonds. The number of carbonyl (C=O) groups is 2. The van der Waals surface area contributed by atoms with Crippen molar-refractivity contribution < 1.29 is 19.1 Å². The van der Waals surface area contributed by atoms with Crippen LogP contribution in [0.2, 0.25) is 5.02 Å². The van der Waals surface area contributed by atoms with Gasteiger partial charge in [0.05, 0.1) is 11.6 Å². The van der Waals surface area contributed by atoms with Crippen molar-refractivity contribution in [3.8, 4) is 0 Å². The normalized spacial score (nSPS) is 22.2. The Labute approximate surface area is 114 Å². The first kappa shape index (κ1) is 13.8. The van der Waals surface area contributed by atoms with Gasteiger partial charge in [0.15, 0.2) is 0 Å². The number of aliphatic carboxylic acids is 1. The van der Waals surface area contributed by atoms with Crippen molar-refractivity contribution in [1.29, 1.82) is 0 Å². The minimum absolute atomic E-state index is 0.0631. The Balaban J connectivity index is 2.00. The number of carbonyl (C=O) groups excluding carboxylic acids is 1. The predicted octanol–water partition coefficient (Wildman–Crippen LogP) is 2.92. The Morgan fingerprint density at radius 2 is 2.00 bits per heavy atom. The van der Waals surface area contributed by atoms with Crippen LogP contribution in [0.3, 0.4) is 0 Å². The fourth-order valence-electron chi connectivity index (χ4n) is 2.27. The Hall–Kier alpha value is -1.62. The van der Waals surface area contributed by atoms with Crippen LogP contribution in [0.5, 0.6) is 0 Å². The first-order chi connectivity index (χ1) is 8.97. The van der Waals surface area contributed by atoms with Gasteiger partial charge in [0.1, 0.15) is 5.82 Å². The van der Waals surface area contributed by atoms with Crippen molar-refractivity contribution in [3.63, 3.8) is 0 Å². The van der Waals surface area contributed by atoms with Gasteiger partial charge in [-0.2, -0.15) is 0 Å². The van der Waals surface area contributed by atoms with Crippen LogP contribution in [0, 0.1) is 17.7 Å². The highest BCUT2D eigenvalue weighted by Crippen LogP contribution is 2.32. The molecule has 0 unspecified atom stereocenters. The van der Waals surface area contributed by atoms with E-state index in [9.17, 15) is 14.0 Å². The zero-order valence-electron chi connectivity index (χ0n) is 10.0. The van der Waals surface area contributed by atoms with Gasteiger partial charge in [-0.15, -0.1) is 0 Å². The molecule has 4 nitrogen and oxygen atoms in total. The third-order valence-corrected chi connectivity index (χ3v) is 3.58. The fraction of sp³-hybridized carbons (Fsp3) is 0.385. The second-order valence-electron chi connectivity index (χ2n) is 4.66. The minimum Gasteiger partial charge on any atom is -0.481 e.